The second kappa shape index (κ2) is 6.83. The quantitative estimate of drug-likeness (QED) is 0.776. The molecule has 0 bridgehead atoms. The fraction of sp³-hybridized carbons (Fsp3) is 0.316. The maximum atomic E-state index is 5.75. The summed E-state index contributed by atoms with van der Waals surface area (Å²) in [5.74, 6) is 0.261. The maximum Gasteiger partial charge on any atom is 0.222 e. The monoisotopic (exact) mass is 321 g/mol. The lowest BCUT2D eigenvalue weighted by Crippen LogP contribution is -2.08. The maximum absolute atomic E-state index is 5.75. The zero-order valence-electron chi connectivity index (χ0n) is 14.5. The van der Waals surface area contributed by atoms with Crippen molar-refractivity contribution in [1.82, 2.24) is 15.0 Å². The average molecular weight is 321 g/mol. The van der Waals surface area contributed by atoms with E-state index >= 15 is 0 Å². The second-order valence-electron chi connectivity index (χ2n) is 6.18. The van der Waals surface area contributed by atoms with Gasteiger partial charge in [0.2, 0.25) is 5.95 Å². The molecule has 0 unspecified atom stereocenters. The molecular weight excluding hydrogens is 298 g/mol. The third kappa shape index (κ3) is 3.30. The predicted molar refractivity (Wildman–Crippen MR) is 100 cm³/mol. The summed E-state index contributed by atoms with van der Waals surface area (Å²) in [5, 5.41) is 0.992. The number of benzene rings is 1. The van der Waals surface area contributed by atoms with Gasteiger partial charge in [0.1, 0.15) is 0 Å². The summed E-state index contributed by atoms with van der Waals surface area (Å²) < 4.78 is 0. The molecule has 0 aliphatic rings. The van der Waals surface area contributed by atoms with E-state index in [1.165, 1.54) is 5.56 Å². The minimum Gasteiger partial charge on any atom is -0.378 e. The number of pyridine rings is 1. The van der Waals surface area contributed by atoms with Crippen LogP contribution in [0.1, 0.15) is 25.3 Å². The number of anilines is 2. The van der Waals surface area contributed by atoms with E-state index in [0.717, 1.165) is 41.6 Å². The number of unbranched alkanes of at least 4 members (excludes halogenated alkanes) is 1. The first-order valence-electron chi connectivity index (χ1n) is 8.28. The Labute approximate surface area is 142 Å². The van der Waals surface area contributed by atoms with E-state index in [0.29, 0.717) is 5.65 Å². The molecule has 0 saturated heterocycles. The van der Waals surface area contributed by atoms with Crippen LogP contribution in [0.2, 0.25) is 0 Å². The van der Waals surface area contributed by atoms with Crippen LogP contribution in [0.5, 0.6) is 0 Å². The van der Waals surface area contributed by atoms with E-state index in [2.05, 4.69) is 52.1 Å². The molecule has 0 aliphatic heterocycles. The van der Waals surface area contributed by atoms with E-state index in [1.54, 1.807) is 6.20 Å². The van der Waals surface area contributed by atoms with E-state index in [-0.39, 0.29) is 5.95 Å². The van der Waals surface area contributed by atoms with Crippen LogP contribution in [-0.2, 0) is 6.42 Å². The number of nitrogens with zero attached hydrogens (tertiary/aromatic N) is 4. The van der Waals surface area contributed by atoms with Crippen molar-refractivity contribution >= 4 is 22.7 Å². The molecule has 0 saturated carbocycles. The van der Waals surface area contributed by atoms with Gasteiger partial charge in [-0.25, -0.2) is 9.97 Å². The highest BCUT2D eigenvalue weighted by Crippen LogP contribution is 2.26. The van der Waals surface area contributed by atoms with Crippen molar-refractivity contribution in [3.8, 4) is 11.3 Å². The van der Waals surface area contributed by atoms with Crippen molar-refractivity contribution in [2.24, 2.45) is 0 Å². The van der Waals surface area contributed by atoms with Gasteiger partial charge >= 0.3 is 0 Å². The Kier molecular flexibility index (Phi) is 4.60. The van der Waals surface area contributed by atoms with Crippen LogP contribution >= 0.6 is 0 Å². The van der Waals surface area contributed by atoms with Gasteiger partial charge in [-0.15, -0.1) is 0 Å². The van der Waals surface area contributed by atoms with Gasteiger partial charge in [-0.05, 0) is 36.6 Å². The standard InChI is InChI=1S/C19H23N5/c1-4-5-6-14-11-17(13-7-9-15(10-8-13)24(2)3)22-18-16(14)12-21-19(20)23-18/h7-12H,4-6H2,1-3H3,(H2,20,21,22,23). The topological polar surface area (TPSA) is 67.9 Å². The van der Waals surface area contributed by atoms with Gasteiger partial charge in [0.05, 0.1) is 5.69 Å². The van der Waals surface area contributed by atoms with Gasteiger partial charge < -0.3 is 10.6 Å². The minimum atomic E-state index is 0.261. The molecule has 1 aromatic carbocycles. The number of rotatable bonds is 5. The SMILES string of the molecule is CCCCc1cc(-c2ccc(N(C)C)cc2)nc2nc(N)ncc12. The Morgan fingerprint density at radius 1 is 1.08 bits per heavy atom. The van der Waals surface area contributed by atoms with Gasteiger partial charge in [0.15, 0.2) is 5.65 Å². The number of hydrogen-bond donors (Lipinski definition) is 1. The van der Waals surface area contributed by atoms with Gasteiger partial charge in [-0.3, -0.25) is 0 Å². The van der Waals surface area contributed by atoms with Gasteiger partial charge in [-0.1, -0.05) is 25.5 Å². The highest BCUT2D eigenvalue weighted by atomic mass is 15.1. The molecule has 0 atom stereocenters. The van der Waals surface area contributed by atoms with E-state index in [9.17, 15) is 0 Å². The van der Waals surface area contributed by atoms with Gasteiger partial charge in [-0.2, -0.15) is 4.98 Å². The molecule has 24 heavy (non-hydrogen) atoms. The average Bonchev–Trinajstić information content (AvgIpc) is 2.59. The number of nitrogen functional groups attached to an aromatic ring is 1. The molecule has 2 heterocycles. The Balaban J connectivity index is 2.09. The molecule has 124 valence electrons. The first kappa shape index (κ1) is 16.2. The predicted octanol–water partition coefficient (Wildman–Crippen LogP) is 3.68. The van der Waals surface area contributed by atoms with Crippen molar-refractivity contribution < 1.29 is 0 Å². The minimum absolute atomic E-state index is 0.261. The van der Waals surface area contributed by atoms with Crippen molar-refractivity contribution in [1.29, 1.82) is 0 Å². The summed E-state index contributed by atoms with van der Waals surface area (Å²) >= 11 is 0. The molecule has 3 rings (SSSR count). The molecule has 2 aromatic heterocycles. The summed E-state index contributed by atoms with van der Waals surface area (Å²) in [6, 6.07) is 10.5. The summed E-state index contributed by atoms with van der Waals surface area (Å²) in [5.41, 5.74) is 10.8. The van der Waals surface area contributed by atoms with Crippen molar-refractivity contribution in [3.05, 3.63) is 42.1 Å². The van der Waals surface area contributed by atoms with Crippen molar-refractivity contribution in [2.45, 2.75) is 26.2 Å². The van der Waals surface area contributed by atoms with Crippen LogP contribution in [-0.4, -0.2) is 29.0 Å². The van der Waals surface area contributed by atoms with Crippen LogP contribution < -0.4 is 10.6 Å². The molecule has 3 aromatic rings. The molecular formula is C19H23N5. The molecule has 0 amide bonds. The fourth-order valence-corrected chi connectivity index (χ4v) is 2.74. The van der Waals surface area contributed by atoms with Crippen molar-refractivity contribution in [3.63, 3.8) is 0 Å². The highest BCUT2D eigenvalue weighted by Gasteiger charge is 2.10. The van der Waals surface area contributed by atoms with Crippen LogP contribution in [0.25, 0.3) is 22.3 Å². The molecule has 0 spiro atoms. The highest BCUT2D eigenvalue weighted by molar-refractivity contribution is 5.82. The number of hydrogen-bond acceptors (Lipinski definition) is 5. The largest absolute Gasteiger partial charge is 0.378 e. The van der Waals surface area contributed by atoms with Gasteiger partial charge in [0, 0.05) is 36.9 Å². The Morgan fingerprint density at radius 2 is 1.83 bits per heavy atom. The Bertz CT molecular complexity index is 840. The lowest BCUT2D eigenvalue weighted by Gasteiger charge is -2.13. The Hall–Kier alpha value is -2.69. The van der Waals surface area contributed by atoms with E-state index < -0.39 is 0 Å². The van der Waals surface area contributed by atoms with Crippen LogP contribution in [0, 0.1) is 0 Å². The van der Waals surface area contributed by atoms with E-state index in [1.807, 2.05) is 14.1 Å². The first-order chi connectivity index (χ1) is 11.6. The third-order valence-electron chi connectivity index (χ3n) is 4.15. The zero-order chi connectivity index (χ0) is 17.1. The van der Waals surface area contributed by atoms with Crippen LogP contribution in [0.4, 0.5) is 11.6 Å². The summed E-state index contributed by atoms with van der Waals surface area (Å²) in [7, 11) is 4.07. The van der Waals surface area contributed by atoms with Gasteiger partial charge in [0.25, 0.3) is 0 Å². The molecule has 5 heteroatoms. The lowest BCUT2D eigenvalue weighted by molar-refractivity contribution is 0.798. The summed E-state index contributed by atoms with van der Waals surface area (Å²) in [6.45, 7) is 2.19. The van der Waals surface area contributed by atoms with Crippen LogP contribution in [0.3, 0.4) is 0 Å². The fourth-order valence-electron chi connectivity index (χ4n) is 2.74. The molecule has 0 aliphatic carbocycles. The number of aryl methyl sites for hydroxylation is 1. The Morgan fingerprint density at radius 3 is 2.50 bits per heavy atom. The summed E-state index contributed by atoms with van der Waals surface area (Å²) in [6.07, 6.45) is 5.05. The van der Waals surface area contributed by atoms with E-state index in [4.69, 9.17) is 10.7 Å². The first-order valence-corrected chi connectivity index (χ1v) is 8.28. The summed E-state index contributed by atoms with van der Waals surface area (Å²) in [4.78, 5) is 15.2. The number of fused-ring (bicyclic) bond motifs is 1. The molecule has 5 nitrogen and oxygen atoms in total. The molecule has 0 radical (unpaired) electrons. The zero-order valence-corrected chi connectivity index (χ0v) is 14.5. The molecule has 2 N–H and O–H groups in total. The number of aromatic nitrogens is 3. The lowest BCUT2D eigenvalue weighted by atomic mass is 10.0. The van der Waals surface area contributed by atoms with Crippen LogP contribution in [0.15, 0.2) is 36.5 Å². The normalized spacial score (nSPS) is 11.0. The number of nitrogens with two attached hydrogens (primary N) is 1. The third-order valence-corrected chi connectivity index (χ3v) is 4.15. The van der Waals surface area contributed by atoms with Crippen molar-refractivity contribution in [2.75, 3.05) is 24.7 Å². The smallest absolute Gasteiger partial charge is 0.222 e. The molecule has 0 fully saturated rings. The second-order valence-corrected chi connectivity index (χ2v) is 6.18.